The zero-order chi connectivity index (χ0) is 15.5. The van der Waals surface area contributed by atoms with Crippen molar-refractivity contribution in [2.45, 2.75) is 13.8 Å². The minimum atomic E-state index is -0.276. The second-order valence-corrected chi connectivity index (χ2v) is 5.83. The van der Waals surface area contributed by atoms with Crippen LogP contribution in [0.1, 0.15) is 12.5 Å². The Labute approximate surface area is 132 Å². The lowest BCUT2D eigenvalue weighted by molar-refractivity contribution is -0.140. The highest BCUT2D eigenvalue weighted by Gasteiger charge is 2.16. The molecule has 0 atom stereocenters. The van der Waals surface area contributed by atoms with Gasteiger partial charge < -0.3 is 10.1 Å². The molecule has 22 heavy (non-hydrogen) atoms. The van der Waals surface area contributed by atoms with E-state index in [4.69, 9.17) is 4.74 Å². The average molecular weight is 315 g/mol. The van der Waals surface area contributed by atoms with Gasteiger partial charge in [-0.25, -0.2) is 4.98 Å². The van der Waals surface area contributed by atoms with Crippen molar-refractivity contribution in [3.8, 4) is 10.6 Å². The Balaban J connectivity index is 2.02. The van der Waals surface area contributed by atoms with Crippen LogP contribution < -0.4 is 5.32 Å². The highest BCUT2D eigenvalue weighted by Crippen LogP contribution is 2.32. The van der Waals surface area contributed by atoms with Crippen LogP contribution in [0.2, 0.25) is 0 Å². The summed E-state index contributed by atoms with van der Waals surface area (Å²) in [5.74, 6) is 0.538. The molecule has 0 amide bonds. The molecule has 0 aliphatic carbocycles. The molecule has 3 rings (SSSR count). The maximum Gasteiger partial charge on any atom is 0.325 e. The molecule has 0 spiro atoms. The fraction of sp³-hybridized carbons (Fsp3) is 0.250. The van der Waals surface area contributed by atoms with E-state index in [9.17, 15) is 4.79 Å². The van der Waals surface area contributed by atoms with E-state index >= 15 is 0 Å². The van der Waals surface area contributed by atoms with Gasteiger partial charge >= 0.3 is 5.97 Å². The van der Waals surface area contributed by atoms with Gasteiger partial charge in [0.15, 0.2) is 0 Å². The molecular formula is C16H17N3O2S. The predicted octanol–water partition coefficient (Wildman–Crippen LogP) is 3.35. The van der Waals surface area contributed by atoms with Gasteiger partial charge in [0.2, 0.25) is 0 Å². The number of aryl methyl sites for hydroxylation is 1. The number of thiophene rings is 1. The molecule has 0 saturated heterocycles. The number of aromatic nitrogens is 2. The number of carbonyl (C=O) groups excluding carboxylic acids is 1. The van der Waals surface area contributed by atoms with Crippen molar-refractivity contribution in [2.75, 3.05) is 18.5 Å². The number of anilines is 1. The third-order valence-corrected chi connectivity index (χ3v) is 4.10. The zero-order valence-electron chi connectivity index (χ0n) is 12.5. The second-order valence-electron chi connectivity index (χ2n) is 4.88. The van der Waals surface area contributed by atoms with Gasteiger partial charge in [-0.3, -0.25) is 9.20 Å². The Morgan fingerprint density at radius 1 is 1.41 bits per heavy atom. The van der Waals surface area contributed by atoms with Crippen LogP contribution in [-0.2, 0) is 9.53 Å². The maximum absolute atomic E-state index is 11.6. The first kappa shape index (κ1) is 14.6. The first-order valence-corrected chi connectivity index (χ1v) is 7.99. The summed E-state index contributed by atoms with van der Waals surface area (Å²) >= 11 is 1.62. The van der Waals surface area contributed by atoms with E-state index in [1.54, 1.807) is 18.3 Å². The third kappa shape index (κ3) is 2.82. The molecule has 0 unspecified atom stereocenters. The van der Waals surface area contributed by atoms with E-state index in [-0.39, 0.29) is 12.5 Å². The number of carbonyl (C=O) groups is 1. The summed E-state index contributed by atoms with van der Waals surface area (Å²) in [4.78, 5) is 17.4. The van der Waals surface area contributed by atoms with Crippen molar-refractivity contribution in [3.05, 3.63) is 41.4 Å². The van der Waals surface area contributed by atoms with E-state index in [1.165, 1.54) is 0 Å². The molecule has 0 aliphatic rings. The van der Waals surface area contributed by atoms with Crippen LogP contribution in [0.25, 0.3) is 16.2 Å². The highest BCUT2D eigenvalue weighted by atomic mass is 32.1. The molecular weight excluding hydrogens is 298 g/mol. The maximum atomic E-state index is 11.6. The van der Waals surface area contributed by atoms with Crippen molar-refractivity contribution in [1.82, 2.24) is 9.38 Å². The van der Waals surface area contributed by atoms with E-state index in [0.717, 1.165) is 27.6 Å². The van der Waals surface area contributed by atoms with Gasteiger partial charge in [0.25, 0.3) is 0 Å². The largest absolute Gasteiger partial charge is 0.465 e. The van der Waals surface area contributed by atoms with Crippen LogP contribution in [0, 0.1) is 6.92 Å². The van der Waals surface area contributed by atoms with Crippen LogP contribution >= 0.6 is 11.3 Å². The normalized spacial score (nSPS) is 10.8. The molecule has 1 N–H and O–H groups in total. The van der Waals surface area contributed by atoms with Crippen LogP contribution in [-0.4, -0.2) is 28.5 Å². The summed E-state index contributed by atoms with van der Waals surface area (Å²) in [6, 6.07) is 8.01. The number of nitrogens with zero attached hydrogens (tertiary/aromatic N) is 2. The number of ether oxygens (including phenoxy) is 1. The number of hydrogen-bond acceptors (Lipinski definition) is 5. The van der Waals surface area contributed by atoms with Gasteiger partial charge in [0.1, 0.15) is 23.7 Å². The quantitative estimate of drug-likeness (QED) is 0.734. The lowest BCUT2D eigenvalue weighted by Crippen LogP contribution is -2.17. The van der Waals surface area contributed by atoms with Crippen molar-refractivity contribution in [2.24, 2.45) is 0 Å². The first-order valence-electron chi connectivity index (χ1n) is 7.11. The summed E-state index contributed by atoms with van der Waals surface area (Å²) in [7, 11) is 0. The van der Waals surface area contributed by atoms with E-state index in [2.05, 4.69) is 10.3 Å². The molecule has 0 fully saturated rings. The number of rotatable bonds is 5. The lowest BCUT2D eigenvalue weighted by atomic mass is 10.3. The molecule has 5 nitrogen and oxygen atoms in total. The number of imidazole rings is 1. The number of esters is 1. The molecule has 0 radical (unpaired) electrons. The fourth-order valence-corrected chi connectivity index (χ4v) is 2.99. The third-order valence-electron chi connectivity index (χ3n) is 3.23. The Hall–Kier alpha value is -2.34. The number of fused-ring (bicyclic) bond motifs is 1. The van der Waals surface area contributed by atoms with Crippen LogP contribution in [0.4, 0.5) is 5.82 Å². The summed E-state index contributed by atoms with van der Waals surface area (Å²) in [5, 5.41) is 5.18. The molecule has 6 heteroatoms. The van der Waals surface area contributed by atoms with Gasteiger partial charge in [-0.05, 0) is 36.9 Å². The van der Waals surface area contributed by atoms with E-state index < -0.39 is 0 Å². The van der Waals surface area contributed by atoms with E-state index in [1.807, 2.05) is 47.2 Å². The van der Waals surface area contributed by atoms with Crippen molar-refractivity contribution >= 4 is 28.8 Å². The zero-order valence-corrected chi connectivity index (χ0v) is 13.3. The Kier molecular flexibility index (Phi) is 4.11. The average Bonchev–Trinajstić information content (AvgIpc) is 3.12. The molecule has 3 aromatic rings. The van der Waals surface area contributed by atoms with Crippen LogP contribution in [0.5, 0.6) is 0 Å². The van der Waals surface area contributed by atoms with Gasteiger partial charge in [-0.15, -0.1) is 11.3 Å². The van der Waals surface area contributed by atoms with E-state index in [0.29, 0.717) is 6.61 Å². The molecule has 3 aromatic heterocycles. The number of nitrogens with one attached hydrogen (secondary N) is 1. The number of hydrogen-bond donors (Lipinski definition) is 1. The van der Waals surface area contributed by atoms with Crippen molar-refractivity contribution in [1.29, 1.82) is 0 Å². The minimum absolute atomic E-state index is 0.119. The van der Waals surface area contributed by atoms with Crippen LogP contribution in [0.15, 0.2) is 35.8 Å². The molecule has 3 heterocycles. The number of pyridine rings is 1. The second kappa shape index (κ2) is 6.19. The molecule has 0 saturated carbocycles. The van der Waals surface area contributed by atoms with Gasteiger partial charge in [0.05, 0.1) is 11.5 Å². The molecule has 0 aromatic carbocycles. The topological polar surface area (TPSA) is 55.6 Å². The summed E-state index contributed by atoms with van der Waals surface area (Å²) in [5.41, 5.74) is 2.83. The molecule has 0 bridgehead atoms. The first-order chi connectivity index (χ1) is 10.7. The Morgan fingerprint density at radius 3 is 3.00 bits per heavy atom. The Bertz CT molecular complexity index is 793. The summed E-state index contributed by atoms with van der Waals surface area (Å²) in [6.07, 6.45) is 2.01. The van der Waals surface area contributed by atoms with Gasteiger partial charge in [-0.1, -0.05) is 12.1 Å². The van der Waals surface area contributed by atoms with Crippen LogP contribution in [0.3, 0.4) is 0 Å². The molecule has 0 aliphatic heterocycles. The minimum Gasteiger partial charge on any atom is -0.465 e. The lowest BCUT2D eigenvalue weighted by Gasteiger charge is -2.08. The SMILES string of the molecule is CCOC(=O)CNc1c(-c2cccs2)nc2ccc(C)cn12. The van der Waals surface area contributed by atoms with Gasteiger partial charge in [0, 0.05) is 6.20 Å². The fourth-order valence-electron chi connectivity index (χ4n) is 2.27. The smallest absolute Gasteiger partial charge is 0.325 e. The monoisotopic (exact) mass is 315 g/mol. The standard InChI is InChI=1S/C16H17N3O2S/c1-3-21-14(20)9-17-16-15(12-5-4-8-22-12)18-13-7-6-11(2)10-19(13)16/h4-8,10,17H,3,9H2,1-2H3. The van der Waals surface area contributed by atoms with Crippen molar-refractivity contribution in [3.63, 3.8) is 0 Å². The van der Waals surface area contributed by atoms with Crippen molar-refractivity contribution < 1.29 is 9.53 Å². The van der Waals surface area contributed by atoms with Gasteiger partial charge in [-0.2, -0.15) is 0 Å². The Morgan fingerprint density at radius 2 is 2.27 bits per heavy atom. The summed E-state index contributed by atoms with van der Waals surface area (Å²) in [6.45, 7) is 4.32. The summed E-state index contributed by atoms with van der Waals surface area (Å²) < 4.78 is 6.95. The highest BCUT2D eigenvalue weighted by molar-refractivity contribution is 7.13. The predicted molar refractivity (Wildman–Crippen MR) is 88.4 cm³/mol. The molecule has 114 valence electrons.